The number of ether oxygens (including phenoxy) is 1. The van der Waals surface area contributed by atoms with E-state index in [0.29, 0.717) is 37.2 Å². The van der Waals surface area contributed by atoms with Crippen molar-refractivity contribution in [2.75, 3.05) is 18.5 Å². The molecule has 19 heavy (non-hydrogen) atoms. The summed E-state index contributed by atoms with van der Waals surface area (Å²) in [5.74, 6) is -0.0170. The van der Waals surface area contributed by atoms with Gasteiger partial charge in [-0.05, 0) is 13.3 Å². The first-order chi connectivity index (χ1) is 9.20. The molecule has 2 aromatic rings. The average Bonchev–Trinajstić information content (AvgIpc) is 2.83. The highest BCUT2D eigenvalue weighted by atomic mass is 35.5. The Kier molecular flexibility index (Phi) is 4.64. The molecule has 1 amide bonds. The minimum absolute atomic E-state index is 0.158. The van der Waals surface area contributed by atoms with Crippen LogP contribution in [0.2, 0.25) is 5.15 Å². The van der Waals surface area contributed by atoms with Crippen LogP contribution in [0, 0.1) is 0 Å². The largest absolute Gasteiger partial charge is 0.382 e. The predicted octanol–water partition coefficient (Wildman–Crippen LogP) is 1.76. The first-order valence-corrected chi connectivity index (χ1v) is 6.32. The van der Waals surface area contributed by atoms with Crippen molar-refractivity contribution in [1.82, 2.24) is 19.9 Å². The molecule has 0 aliphatic heterocycles. The molecule has 7 nitrogen and oxygen atoms in total. The van der Waals surface area contributed by atoms with Crippen LogP contribution in [0.5, 0.6) is 0 Å². The predicted molar refractivity (Wildman–Crippen MR) is 71.1 cm³/mol. The minimum Gasteiger partial charge on any atom is -0.382 e. The van der Waals surface area contributed by atoms with E-state index in [1.807, 2.05) is 6.92 Å². The van der Waals surface area contributed by atoms with E-state index in [1.165, 1.54) is 6.33 Å². The van der Waals surface area contributed by atoms with E-state index in [1.54, 1.807) is 0 Å². The summed E-state index contributed by atoms with van der Waals surface area (Å²) in [5, 5.41) is 2.82. The summed E-state index contributed by atoms with van der Waals surface area (Å²) in [6, 6.07) is 0. The fraction of sp³-hybridized carbons (Fsp3) is 0.455. The molecule has 2 N–H and O–H groups in total. The molecule has 2 rings (SSSR count). The number of halogens is 1. The van der Waals surface area contributed by atoms with Gasteiger partial charge in [-0.1, -0.05) is 11.6 Å². The Hall–Kier alpha value is -1.73. The van der Waals surface area contributed by atoms with Crippen LogP contribution in [0.15, 0.2) is 6.33 Å². The summed E-state index contributed by atoms with van der Waals surface area (Å²) in [6.07, 6.45) is 2.47. The summed E-state index contributed by atoms with van der Waals surface area (Å²) >= 11 is 5.94. The molecule has 0 saturated carbocycles. The van der Waals surface area contributed by atoms with Gasteiger partial charge in [0.25, 0.3) is 0 Å². The van der Waals surface area contributed by atoms with Crippen molar-refractivity contribution in [3.8, 4) is 0 Å². The number of rotatable bonds is 6. The van der Waals surface area contributed by atoms with E-state index < -0.39 is 0 Å². The molecule has 0 spiro atoms. The van der Waals surface area contributed by atoms with Gasteiger partial charge < -0.3 is 9.72 Å². The van der Waals surface area contributed by atoms with Crippen molar-refractivity contribution in [2.45, 2.75) is 19.8 Å². The highest BCUT2D eigenvalue weighted by Crippen LogP contribution is 2.18. The van der Waals surface area contributed by atoms with Gasteiger partial charge in [0, 0.05) is 19.6 Å². The summed E-state index contributed by atoms with van der Waals surface area (Å²) in [4.78, 5) is 26.5. The third-order valence-corrected chi connectivity index (χ3v) is 2.66. The van der Waals surface area contributed by atoms with Crippen LogP contribution in [0.25, 0.3) is 11.2 Å². The van der Waals surface area contributed by atoms with Crippen LogP contribution in [-0.4, -0.2) is 39.1 Å². The van der Waals surface area contributed by atoms with Gasteiger partial charge in [-0.15, -0.1) is 0 Å². The van der Waals surface area contributed by atoms with Gasteiger partial charge in [0.2, 0.25) is 11.9 Å². The third kappa shape index (κ3) is 3.62. The van der Waals surface area contributed by atoms with Crippen molar-refractivity contribution >= 4 is 34.6 Å². The highest BCUT2D eigenvalue weighted by Gasteiger charge is 2.10. The molecule has 0 aromatic carbocycles. The molecule has 0 aliphatic rings. The van der Waals surface area contributed by atoms with E-state index in [9.17, 15) is 4.79 Å². The standard InChI is InChI=1S/C11H14ClN5O2/c1-2-19-5-3-4-7(18)15-11-16-9(12)8-10(17-11)14-6-13-8/h6H,2-5H2,1H3,(H2,13,14,15,16,17,18). The SMILES string of the molecule is CCOCCCC(=O)Nc1nc(Cl)c2[nH]cnc2n1. The number of aromatic amines is 1. The smallest absolute Gasteiger partial charge is 0.233 e. The fourth-order valence-electron chi connectivity index (χ4n) is 1.52. The van der Waals surface area contributed by atoms with Gasteiger partial charge in [-0.3, -0.25) is 10.1 Å². The number of carbonyl (C=O) groups excluding carboxylic acids is 1. The lowest BCUT2D eigenvalue weighted by Crippen LogP contribution is -2.14. The van der Waals surface area contributed by atoms with Gasteiger partial charge in [-0.2, -0.15) is 9.97 Å². The summed E-state index contributed by atoms with van der Waals surface area (Å²) in [7, 11) is 0. The molecule has 0 radical (unpaired) electrons. The Morgan fingerprint density at radius 3 is 3.16 bits per heavy atom. The lowest BCUT2D eigenvalue weighted by molar-refractivity contribution is -0.116. The Morgan fingerprint density at radius 2 is 2.37 bits per heavy atom. The molecule has 0 unspecified atom stereocenters. The topological polar surface area (TPSA) is 92.8 Å². The van der Waals surface area contributed by atoms with E-state index in [0.717, 1.165) is 0 Å². The van der Waals surface area contributed by atoms with Gasteiger partial charge in [0.15, 0.2) is 10.8 Å². The second-order valence-electron chi connectivity index (χ2n) is 3.79. The number of nitrogens with zero attached hydrogens (tertiary/aromatic N) is 3. The Morgan fingerprint density at radius 1 is 1.53 bits per heavy atom. The maximum absolute atomic E-state index is 11.6. The Labute approximate surface area is 114 Å². The number of imidazole rings is 1. The number of fused-ring (bicyclic) bond motifs is 1. The molecule has 2 aromatic heterocycles. The van der Waals surface area contributed by atoms with Crippen LogP contribution in [0.4, 0.5) is 5.95 Å². The first-order valence-electron chi connectivity index (χ1n) is 5.95. The number of amides is 1. The number of anilines is 1. The van der Waals surface area contributed by atoms with Crippen LogP contribution in [0.3, 0.4) is 0 Å². The molecule has 0 saturated heterocycles. The third-order valence-electron chi connectivity index (χ3n) is 2.39. The maximum atomic E-state index is 11.6. The van der Waals surface area contributed by atoms with Crippen molar-refractivity contribution in [1.29, 1.82) is 0 Å². The lowest BCUT2D eigenvalue weighted by Gasteiger charge is -2.04. The number of nitrogens with one attached hydrogen (secondary N) is 2. The molecule has 0 bridgehead atoms. The zero-order valence-corrected chi connectivity index (χ0v) is 11.2. The van der Waals surface area contributed by atoms with Crippen molar-refractivity contribution in [3.63, 3.8) is 0 Å². The van der Waals surface area contributed by atoms with Crippen LogP contribution < -0.4 is 5.32 Å². The van der Waals surface area contributed by atoms with Crippen LogP contribution in [0.1, 0.15) is 19.8 Å². The van der Waals surface area contributed by atoms with Crippen molar-refractivity contribution < 1.29 is 9.53 Å². The number of H-pyrrole nitrogens is 1. The highest BCUT2D eigenvalue weighted by molar-refractivity contribution is 6.33. The van der Waals surface area contributed by atoms with E-state index >= 15 is 0 Å². The van der Waals surface area contributed by atoms with Crippen LogP contribution >= 0.6 is 11.6 Å². The Bertz CT molecular complexity index is 571. The van der Waals surface area contributed by atoms with Gasteiger partial charge in [0.05, 0.1) is 6.33 Å². The molecule has 0 fully saturated rings. The fourth-order valence-corrected chi connectivity index (χ4v) is 1.74. The molecular weight excluding hydrogens is 270 g/mol. The lowest BCUT2D eigenvalue weighted by atomic mass is 10.3. The van der Waals surface area contributed by atoms with Gasteiger partial charge in [0.1, 0.15) is 5.52 Å². The van der Waals surface area contributed by atoms with Gasteiger partial charge >= 0.3 is 0 Å². The monoisotopic (exact) mass is 283 g/mol. The Balaban J connectivity index is 1.95. The number of carbonyl (C=O) groups is 1. The zero-order valence-electron chi connectivity index (χ0n) is 10.4. The van der Waals surface area contributed by atoms with E-state index in [2.05, 4.69) is 25.3 Å². The first kappa shape index (κ1) is 13.7. The van der Waals surface area contributed by atoms with E-state index in [4.69, 9.17) is 16.3 Å². The molecule has 0 aliphatic carbocycles. The van der Waals surface area contributed by atoms with Crippen molar-refractivity contribution in [2.24, 2.45) is 0 Å². The molecular formula is C11H14ClN5O2. The number of hydrogen-bond acceptors (Lipinski definition) is 5. The molecule has 8 heteroatoms. The second kappa shape index (κ2) is 6.44. The summed E-state index contributed by atoms with van der Waals surface area (Å²) in [5.41, 5.74) is 0.973. The minimum atomic E-state index is -0.175. The number of hydrogen-bond donors (Lipinski definition) is 2. The average molecular weight is 284 g/mol. The summed E-state index contributed by atoms with van der Waals surface area (Å²) in [6.45, 7) is 3.12. The second-order valence-corrected chi connectivity index (χ2v) is 4.15. The quantitative estimate of drug-likeness (QED) is 0.622. The normalized spacial score (nSPS) is 10.8. The molecule has 0 atom stereocenters. The van der Waals surface area contributed by atoms with E-state index in [-0.39, 0.29) is 17.0 Å². The van der Waals surface area contributed by atoms with Crippen LogP contribution in [-0.2, 0) is 9.53 Å². The molecule has 102 valence electrons. The summed E-state index contributed by atoms with van der Waals surface area (Å²) < 4.78 is 5.15. The maximum Gasteiger partial charge on any atom is 0.233 e. The van der Waals surface area contributed by atoms with Gasteiger partial charge in [-0.25, -0.2) is 4.98 Å². The molecule has 2 heterocycles. The van der Waals surface area contributed by atoms with Crippen molar-refractivity contribution in [3.05, 3.63) is 11.5 Å². The number of aromatic nitrogens is 4. The zero-order chi connectivity index (χ0) is 13.7.